The summed E-state index contributed by atoms with van der Waals surface area (Å²) in [5, 5.41) is 11.2. The fraction of sp³-hybridized carbons (Fsp3) is 0.296. The van der Waals surface area contributed by atoms with Crippen molar-refractivity contribution >= 4 is 29.4 Å². The highest BCUT2D eigenvalue weighted by Gasteiger charge is 2.57. The largest absolute Gasteiger partial charge is 0.507 e. The first-order valence-corrected chi connectivity index (χ1v) is 11.5. The van der Waals surface area contributed by atoms with E-state index < -0.39 is 41.5 Å². The molecule has 0 unspecified atom stereocenters. The Morgan fingerprint density at radius 1 is 1.20 bits per heavy atom. The number of fused-ring (bicyclic) bond motifs is 3. The van der Waals surface area contributed by atoms with Gasteiger partial charge in [0, 0.05) is 28.2 Å². The van der Waals surface area contributed by atoms with Gasteiger partial charge < -0.3 is 10.8 Å². The minimum absolute atomic E-state index is 0.00651. The quantitative estimate of drug-likeness (QED) is 0.394. The van der Waals surface area contributed by atoms with Gasteiger partial charge in [-0.1, -0.05) is 35.9 Å². The Morgan fingerprint density at radius 3 is 2.63 bits per heavy atom. The second-order valence-electron chi connectivity index (χ2n) is 9.43. The minimum atomic E-state index is -1.12. The smallest absolute Gasteiger partial charge is 0.328 e. The number of aromatic hydroxyl groups is 1. The average Bonchev–Trinajstić information content (AvgIpc) is 3.08. The van der Waals surface area contributed by atoms with Crippen LogP contribution in [0.25, 0.3) is 0 Å². The van der Waals surface area contributed by atoms with Crippen molar-refractivity contribution in [1.82, 2.24) is 4.90 Å². The Bertz CT molecular complexity index is 1350. The van der Waals surface area contributed by atoms with Crippen LogP contribution in [0.3, 0.4) is 0 Å². The molecule has 0 saturated carbocycles. The second-order valence-corrected chi connectivity index (χ2v) is 9.43. The zero-order valence-corrected chi connectivity index (χ0v) is 19.1. The van der Waals surface area contributed by atoms with Crippen LogP contribution in [0.2, 0.25) is 0 Å². The van der Waals surface area contributed by atoms with Gasteiger partial charge in [0.15, 0.2) is 11.6 Å². The lowest BCUT2D eigenvalue weighted by atomic mass is 9.59. The Kier molecular flexibility index (Phi) is 5.20. The molecule has 0 aromatic heterocycles. The lowest BCUT2D eigenvalue weighted by molar-refractivity contribution is -0.136. The second kappa shape index (κ2) is 8.01. The van der Waals surface area contributed by atoms with E-state index in [0.717, 1.165) is 0 Å². The number of hydrogen-bond donors (Lipinski definition) is 2. The van der Waals surface area contributed by atoms with Crippen LogP contribution in [-0.4, -0.2) is 39.4 Å². The molecule has 1 heterocycles. The van der Waals surface area contributed by atoms with E-state index in [2.05, 4.69) is 6.58 Å². The first-order valence-electron chi connectivity index (χ1n) is 11.5. The highest BCUT2D eigenvalue weighted by atomic mass is 16.3. The molecule has 1 saturated heterocycles. The van der Waals surface area contributed by atoms with Crippen LogP contribution in [0, 0.1) is 17.8 Å². The van der Waals surface area contributed by atoms with E-state index in [1.54, 1.807) is 31.2 Å². The minimum Gasteiger partial charge on any atom is -0.507 e. The number of amides is 4. The normalized spacial score (nSPS) is 27.7. The van der Waals surface area contributed by atoms with Gasteiger partial charge in [-0.05, 0) is 43.7 Å². The number of phenols is 1. The standard InChI is InChI=1S/C27H24N2O6/c1-3-5-13-6-4-7-15(24(13)32)20-14-8-9-16-21(26(34)29(25(16)33)27(28)35)17(14)11-18-19(30)10-12(2)23(31)22(18)20/h3-4,6-8,10,16-17,20-21,32H,1,5,9,11H2,2H3,(H2,28,35)/t16-,17+,20+,21-/m0/s1. The predicted octanol–water partition coefficient (Wildman–Crippen LogP) is 2.63. The summed E-state index contributed by atoms with van der Waals surface area (Å²) in [6, 6.07) is 4.10. The Balaban J connectivity index is 1.72. The number of ketones is 2. The zero-order chi connectivity index (χ0) is 25.2. The average molecular weight is 472 g/mol. The van der Waals surface area contributed by atoms with E-state index in [4.69, 9.17) is 5.73 Å². The third-order valence-corrected chi connectivity index (χ3v) is 7.61. The molecule has 1 aromatic carbocycles. The van der Waals surface area contributed by atoms with Gasteiger partial charge in [-0.2, -0.15) is 4.90 Å². The number of carbonyl (C=O) groups excluding carboxylic acids is 5. The maximum Gasteiger partial charge on any atom is 0.328 e. The number of likely N-dealkylation sites (tertiary alicyclic amines) is 1. The van der Waals surface area contributed by atoms with Gasteiger partial charge in [0.2, 0.25) is 11.8 Å². The zero-order valence-electron chi connectivity index (χ0n) is 19.1. The van der Waals surface area contributed by atoms with Crippen LogP contribution in [0.15, 0.2) is 65.3 Å². The third kappa shape index (κ3) is 3.16. The molecule has 1 aromatic rings. The molecule has 0 radical (unpaired) electrons. The number of nitrogens with zero attached hydrogens (tertiary/aromatic N) is 1. The van der Waals surface area contributed by atoms with E-state index in [9.17, 15) is 29.1 Å². The number of hydrogen-bond acceptors (Lipinski definition) is 6. The summed E-state index contributed by atoms with van der Waals surface area (Å²) in [6.45, 7) is 5.31. The highest BCUT2D eigenvalue weighted by Crippen LogP contribution is 2.56. The topological polar surface area (TPSA) is 135 Å². The van der Waals surface area contributed by atoms with Gasteiger partial charge in [-0.25, -0.2) is 4.79 Å². The van der Waals surface area contributed by atoms with Crippen molar-refractivity contribution in [2.75, 3.05) is 0 Å². The highest BCUT2D eigenvalue weighted by molar-refractivity contribution is 6.24. The van der Waals surface area contributed by atoms with Crippen LogP contribution in [-0.2, 0) is 25.6 Å². The first-order chi connectivity index (χ1) is 16.7. The molecule has 4 aliphatic rings. The van der Waals surface area contributed by atoms with Gasteiger partial charge in [0.25, 0.3) is 0 Å². The lowest BCUT2D eigenvalue weighted by Gasteiger charge is -2.42. The number of urea groups is 1. The van der Waals surface area contributed by atoms with Gasteiger partial charge in [-0.3, -0.25) is 19.2 Å². The Labute approximate surface area is 201 Å². The molecule has 4 atom stereocenters. The molecule has 178 valence electrons. The van der Waals surface area contributed by atoms with E-state index in [-0.39, 0.29) is 35.7 Å². The Morgan fingerprint density at radius 2 is 1.94 bits per heavy atom. The van der Waals surface area contributed by atoms with Crippen molar-refractivity contribution in [3.8, 4) is 5.75 Å². The Hall–Kier alpha value is -4.07. The SMILES string of the molecule is C=CCc1cccc([C@H]2C3=CC[C@@H]4C(=O)N(C(N)=O)C(=O)[C@@H]4[C@@H]3CC3=C2C(=O)C(C)=CC3=O)c1O. The van der Waals surface area contributed by atoms with Crippen molar-refractivity contribution in [1.29, 1.82) is 0 Å². The van der Waals surface area contributed by atoms with E-state index in [1.807, 2.05) is 6.08 Å². The summed E-state index contributed by atoms with van der Waals surface area (Å²) < 4.78 is 0. The van der Waals surface area contributed by atoms with Crippen LogP contribution in [0.4, 0.5) is 4.79 Å². The molecule has 8 nitrogen and oxygen atoms in total. The maximum atomic E-state index is 13.4. The molecule has 1 fully saturated rings. The number of allylic oxidation sites excluding steroid dienone is 7. The lowest BCUT2D eigenvalue weighted by Crippen LogP contribution is -2.42. The van der Waals surface area contributed by atoms with E-state index in [0.29, 0.717) is 39.2 Å². The number of carbonyl (C=O) groups is 5. The first kappa shape index (κ1) is 22.7. The number of phenolic OH excluding ortho intramolecular Hbond substituents is 1. The summed E-state index contributed by atoms with van der Waals surface area (Å²) in [5.41, 5.74) is 7.96. The van der Waals surface area contributed by atoms with Gasteiger partial charge in [0.1, 0.15) is 5.75 Å². The molecule has 5 rings (SSSR count). The fourth-order valence-electron chi connectivity index (χ4n) is 6.10. The number of primary amides is 1. The maximum absolute atomic E-state index is 13.4. The molecule has 3 N–H and O–H groups in total. The third-order valence-electron chi connectivity index (χ3n) is 7.61. The number of imide groups is 3. The predicted molar refractivity (Wildman–Crippen MR) is 125 cm³/mol. The number of para-hydroxylation sites is 1. The van der Waals surface area contributed by atoms with Crippen LogP contribution >= 0.6 is 0 Å². The van der Waals surface area contributed by atoms with Crippen molar-refractivity contribution in [3.05, 3.63) is 76.4 Å². The van der Waals surface area contributed by atoms with Crippen molar-refractivity contribution < 1.29 is 29.1 Å². The molecular formula is C27H24N2O6. The number of nitrogens with two attached hydrogens (primary N) is 1. The van der Waals surface area contributed by atoms with Crippen LogP contribution in [0.5, 0.6) is 5.75 Å². The van der Waals surface area contributed by atoms with Crippen molar-refractivity contribution in [2.24, 2.45) is 23.5 Å². The number of rotatable bonds is 3. The van der Waals surface area contributed by atoms with E-state index >= 15 is 0 Å². The summed E-state index contributed by atoms with van der Waals surface area (Å²) in [4.78, 5) is 64.8. The molecule has 8 heteroatoms. The van der Waals surface area contributed by atoms with Crippen LogP contribution in [0.1, 0.15) is 36.8 Å². The summed E-state index contributed by atoms with van der Waals surface area (Å²) >= 11 is 0. The van der Waals surface area contributed by atoms with Crippen molar-refractivity contribution in [2.45, 2.75) is 32.1 Å². The fourth-order valence-corrected chi connectivity index (χ4v) is 6.10. The van der Waals surface area contributed by atoms with Gasteiger partial charge >= 0.3 is 6.03 Å². The molecule has 35 heavy (non-hydrogen) atoms. The molecule has 0 spiro atoms. The molecule has 3 aliphatic carbocycles. The van der Waals surface area contributed by atoms with E-state index in [1.165, 1.54) is 6.08 Å². The van der Waals surface area contributed by atoms with Gasteiger partial charge in [0.05, 0.1) is 11.8 Å². The molecule has 0 bridgehead atoms. The molecule has 4 amide bonds. The summed E-state index contributed by atoms with van der Waals surface area (Å²) in [7, 11) is 0. The molecular weight excluding hydrogens is 448 g/mol. The van der Waals surface area contributed by atoms with Crippen molar-refractivity contribution in [3.63, 3.8) is 0 Å². The van der Waals surface area contributed by atoms with Crippen LogP contribution < -0.4 is 5.73 Å². The number of benzene rings is 1. The number of Topliss-reactive ketones (excluding diaryl/α,β-unsaturated/α-hetero) is 1. The summed E-state index contributed by atoms with van der Waals surface area (Å²) in [5.74, 6) is -4.94. The summed E-state index contributed by atoms with van der Waals surface area (Å²) in [6.07, 6.45) is 5.44. The monoisotopic (exact) mass is 472 g/mol. The molecule has 1 aliphatic heterocycles. The van der Waals surface area contributed by atoms with Gasteiger partial charge in [-0.15, -0.1) is 6.58 Å².